The van der Waals surface area contributed by atoms with E-state index in [0.717, 1.165) is 18.4 Å². The number of hydrogen-bond donors (Lipinski definition) is 1. The molecule has 0 spiro atoms. The number of carbonyl (C=O) groups excluding carboxylic acids is 1. The van der Waals surface area contributed by atoms with Crippen molar-refractivity contribution in [1.29, 1.82) is 0 Å². The lowest BCUT2D eigenvalue weighted by molar-refractivity contribution is -0.120. The molecule has 2 saturated carbocycles. The Kier molecular flexibility index (Phi) is 5.58. The zero-order valence-electron chi connectivity index (χ0n) is 16.3. The Balaban J connectivity index is 1.60. The summed E-state index contributed by atoms with van der Waals surface area (Å²) < 4.78 is 27.9. The first-order valence-electron chi connectivity index (χ1n) is 9.97. The number of hydrogen-bond acceptors (Lipinski definition) is 3. The Hall–Kier alpha value is -2.05. The number of amides is 1. The number of benzene rings is 2. The Labute approximate surface area is 177 Å². The van der Waals surface area contributed by atoms with Crippen LogP contribution in [0, 0.1) is 18.8 Å². The highest BCUT2D eigenvalue weighted by atomic mass is 35.5. The minimum atomic E-state index is -3.91. The molecular weight excluding hydrogens is 408 g/mol. The topological polar surface area (TPSA) is 66.5 Å². The van der Waals surface area contributed by atoms with Crippen molar-refractivity contribution < 1.29 is 13.2 Å². The van der Waals surface area contributed by atoms with Gasteiger partial charge in [0.1, 0.15) is 6.54 Å². The predicted octanol–water partition coefficient (Wildman–Crippen LogP) is 4.15. The molecule has 2 aromatic rings. The number of rotatable bonds is 6. The predicted molar refractivity (Wildman–Crippen MR) is 115 cm³/mol. The highest BCUT2D eigenvalue weighted by Crippen LogP contribution is 2.44. The maximum Gasteiger partial charge on any atom is 0.264 e. The molecule has 3 atom stereocenters. The number of sulfonamides is 1. The Bertz CT molecular complexity index is 1010. The zero-order chi connectivity index (χ0) is 20.6. The van der Waals surface area contributed by atoms with Crippen molar-refractivity contribution in [3.63, 3.8) is 0 Å². The Morgan fingerprint density at radius 1 is 1.14 bits per heavy atom. The van der Waals surface area contributed by atoms with E-state index in [1.807, 2.05) is 13.0 Å². The molecule has 4 rings (SSSR count). The van der Waals surface area contributed by atoms with E-state index < -0.39 is 10.0 Å². The molecule has 0 aromatic heterocycles. The van der Waals surface area contributed by atoms with Crippen LogP contribution in [-0.2, 0) is 14.8 Å². The first-order chi connectivity index (χ1) is 13.8. The maximum absolute atomic E-state index is 13.4. The molecule has 2 aliphatic rings. The van der Waals surface area contributed by atoms with Crippen molar-refractivity contribution >= 4 is 33.2 Å². The van der Waals surface area contributed by atoms with Crippen LogP contribution in [0.2, 0.25) is 5.02 Å². The van der Waals surface area contributed by atoms with Crippen LogP contribution < -0.4 is 9.62 Å². The highest BCUT2D eigenvalue weighted by molar-refractivity contribution is 7.92. The van der Waals surface area contributed by atoms with Gasteiger partial charge in [0.2, 0.25) is 5.91 Å². The van der Waals surface area contributed by atoms with E-state index in [9.17, 15) is 13.2 Å². The van der Waals surface area contributed by atoms with Gasteiger partial charge in [0.15, 0.2) is 0 Å². The van der Waals surface area contributed by atoms with Crippen LogP contribution in [0.25, 0.3) is 0 Å². The van der Waals surface area contributed by atoms with E-state index in [0.29, 0.717) is 22.5 Å². The van der Waals surface area contributed by atoms with Crippen molar-refractivity contribution in [1.82, 2.24) is 5.32 Å². The first kappa shape index (κ1) is 20.2. The molecule has 154 valence electrons. The second-order valence-electron chi connectivity index (χ2n) is 8.15. The SMILES string of the molecule is Cc1cccc(N(CC(=O)N[C@@H]2C[C@@H]3CC[C@@H]2C3)S(=O)(=O)c2ccc(Cl)cc2)c1. The van der Waals surface area contributed by atoms with Gasteiger partial charge >= 0.3 is 0 Å². The third kappa shape index (κ3) is 4.28. The average molecular weight is 433 g/mol. The van der Waals surface area contributed by atoms with Crippen molar-refractivity contribution in [3.8, 4) is 0 Å². The molecule has 2 bridgehead atoms. The monoisotopic (exact) mass is 432 g/mol. The minimum absolute atomic E-state index is 0.108. The normalized spacial score (nSPS) is 23.2. The fourth-order valence-corrected chi connectivity index (χ4v) is 6.18. The maximum atomic E-state index is 13.4. The number of anilines is 1. The van der Waals surface area contributed by atoms with Crippen LogP contribution in [0.3, 0.4) is 0 Å². The molecular formula is C22H25ClN2O3S. The molecule has 29 heavy (non-hydrogen) atoms. The smallest absolute Gasteiger partial charge is 0.264 e. The molecule has 0 saturated heterocycles. The van der Waals surface area contributed by atoms with Gasteiger partial charge in [-0.25, -0.2) is 8.42 Å². The summed E-state index contributed by atoms with van der Waals surface area (Å²) >= 11 is 5.92. The zero-order valence-corrected chi connectivity index (χ0v) is 17.9. The largest absolute Gasteiger partial charge is 0.352 e. The summed E-state index contributed by atoms with van der Waals surface area (Å²) in [5, 5.41) is 3.55. The molecule has 2 aromatic carbocycles. The summed E-state index contributed by atoms with van der Waals surface area (Å²) in [5.41, 5.74) is 1.40. The molecule has 1 N–H and O–H groups in total. The first-order valence-corrected chi connectivity index (χ1v) is 11.8. The fourth-order valence-electron chi connectivity index (χ4n) is 4.64. The summed E-state index contributed by atoms with van der Waals surface area (Å²) in [5.74, 6) is 0.974. The van der Waals surface area contributed by atoms with E-state index in [1.54, 1.807) is 18.2 Å². The van der Waals surface area contributed by atoms with Gasteiger partial charge < -0.3 is 5.32 Å². The lowest BCUT2D eigenvalue weighted by Gasteiger charge is -2.27. The van der Waals surface area contributed by atoms with Crippen molar-refractivity contribution in [2.24, 2.45) is 11.8 Å². The van der Waals surface area contributed by atoms with Gasteiger partial charge in [0, 0.05) is 11.1 Å². The molecule has 0 aliphatic heterocycles. The standard InChI is InChI=1S/C22H25ClN2O3S/c1-15-3-2-4-19(11-15)25(29(27,28)20-9-7-18(23)8-10-20)14-22(26)24-21-13-16-5-6-17(21)12-16/h2-4,7-11,16-17,21H,5-6,12-14H2,1H3,(H,24,26)/t16-,17-,21-/m1/s1. The lowest BCUT2D eigenvalue weighted by atomic mass is 9.95. The molecule has 2 aliphatic carbocycles. The van der Waals surface area contributed by atoms with Crippen molar-refractivity contribution in [2.75, 3.05) is 10.8 Å². The molecule has 7 heteroatoms. The summed E-state index contributed by atoms with van der Waals surface area (Å²) in [4.78, 5) is 12.9. The molecule has 1 amide bonds. The Morgan fingerprint density at radius 3 is 2.52 bits per heavy atom. The van der Waals surface area contributed by atoms with Gasteiger partial charge in [0.05, 0.1) is 10.6 Å². The van der Waals surface area contributed by atoms with Gasteiger partial charge in [-0.2, -0.15) is 0 Å². The van der Waals surface area contributed by atoms with Gasteiger partial charge in [-0.05, 0) is 80.0 Å². The van der Waals surface area contributed by atoms with E-state index >= 15 is 0 Å². The Morgan fingerprint density at radius 2 is 1.90 bits per heavy atom. The van der Waals surface area contributed by atoms with Gasteiger partial charge in [-0.15, -0.1) is 0 Å². The van der Waals surface area contributed by atoms with Crippen LogP contribution in [0.15, 0.2) is 53.4 Å². The minimum Gasteiger partial charge on any atom is -0.352 e. The van der Waals surface area contributed by atoms with Crippen LogP contribution >= 0.6 is 11.6 Å². The lowest BCUT2D eigenvalue weighted by Crippen LogP contribution is -2.46. The summed E-state index contributed by atoms with van der Waals surface area (Å²) in [6.07, 6.45) is 4.58. The number of nitrogens with one attached hydrogen (secondary N) is 1. The molecule has 5 nitrogen and oxygen atoms in total. The summed E-state index contributed by atoms with van der Waals surface area (Å²) in [6.45, 7) is 1.65. The molecule has 2 fully saturated rings. The fraction of sp³-hybridized carbons (Fsp3) is 0.409. The average Bonchev–Trinajstić information content (AvgIpc) is 3.29. The van der Waals surface area contributed by atoms with E-state index in [4.69, 9.17) is 11.6 Å². The second kappa shape index (κ2) is 8.00. The molecule has 0 radical (unpaired) electrons. The van der Waals surface area contributed by atoms with Crippen LogP contribution in [0.5, 0.6) is 0 Å². The van der Waals surface area contributed by atoms with E-state index in [1.165, 1.54) is 41.4 Å². The van der Waals surface area contributed by atoms with Crippen LogP contribution in [-0.4, -0.2) is 26.9 Å². The van der Waals surface area contributed by atoms with Crippen molar-refractivity contribution in [2.45, 2.75) is 43.5 Å². The number of fused-ring (bicyclic) bond motifs is 2. The second-order valence-corrected chi connectivity index (χ2v) is 10.5. The third-order valence-corrected chi connectivity index (χ3v) is 8.10. The van der Waals surface area contributed by atoms with Crippen LogP contribution in [0.1, 0.15) is 31.2 Å². The number of nitrogens with zero attached hydrogens (tertiary/aromatic N) is 1. The number of halogens is 1. The quantitative estimate of drug-likeness (QED) is 0.745. The van der Waals surface area contributed by atoms with Gasteiger partial charge in [0.25, 0.3) is 10.0 Å². The number of aryl methyl sites for hydroxylation is 1. The van der Waals surface area contributed by atoms with Gasteiger partial charge in [-0.3, -0.25) is 9.10 Å². The van der Waals surface area contributed by atoms with Crippen LogP contribution in [0.4, 0.5) is 5.69 Å². The highest BCUT2D eigenvalue weighted by Gasteiger charge is 2.40. The van der Waals surface area contributed by atoms with E-state index in [-0.39, 0.29) is 23.4 Å². The molecule has 0 unspecified atom stereocenters. The summed E-state index contributed by atoms with van der Waals surface area (Å²) in [6, 6.07) is 13.4. The molecule has 0 heterocycles. The van der Waals surface area contributed by atoms with Crippen molar-refractivity contribution in [3.05, 3.63) is 59.1 Å². The van der Waals surface area contributed by atoms with Gasteiger partial charge in [-0.1, -0.05) is 30.2 Å². The summed E-state index contributed by atoms with van der Waals surface area (Å²) in [7, 11) is -3.91. The number of carbonyl (C=O) groups is 1. The third-order valence-electron chi connectivity index (χ3n) is 6.06. The van der Waals surface area contributed by atoms with E-state index in [2.05, 4.69) is 5.32 Å².